The van der Waals surface area contributed by atoms with E-state index in [0.717, 1.165) is 0 Å². The molecular formula is C14H15Cl2N3O3. The normalized spacial score (nSPS) is 12.1. The van der Waals surface area contributed by atoms with Crippen LogP contribution in [0.1, 0.15) is 17.4 Å². The Morgan fingerprint density at radius 1 is 1.36 bits per heavy atom. The number of halogens is 2. The van der Waals surface area contributed by atoms with Crippen LogP contribution in [0.4, 0.5) is 5.69 Å². The topological polar surface area (TPSA) is 76.4 Å². The van der Waals surface area contributed by atoms with Crippen LogP contribution in [0.25, 0.3) is 0 Å². The lowest BCUT2D eigenvalue weighted by atomic mass is 10.1. The number of anilines is 1. The van der Waals surface area contributed by atoms with Crippen molar-refractivity contribution in [3.63, 3.8) is 0 Å². The van der Waals surface area contributed by atoms with Crippen LogP contribution in [0.5, 0.6) is 5.88 Å². The predicted octanol–water partition coefficient (Wildman–Crippen LogP) is 2.72. The summed E-state index contributed by atoms with van der Waals surface area (Å²) in [7, 11) is 3.16. The van der Waals surface area contributed by atoms with Gasteiger partial charge in [0.2, 0.25) is 5.88 Å². The van der Waals surface area contributed by atoms with E-state index in [2.05, 4.69) is 10.4 Å². The minimum absolute atomic E-state index is 0.301. The molecule has 0 aliphatic heterocycles. The molecule has 22 heavy (non-hydrogen) atoms. The monoisotopic (exact) mass is 343 g/mol. The highest BCUT2D eigenvalue weighted by molar-refractivity contribution is 6.34. The maximum absolute atomic E-state index is 12.2. The van der Waals surface area contributed by atoms with Gasteiger partial charge >= 0.3 is 0 Å². The van der Waals surface area contributed by atoms with E-state index in [1.54, 1.807) is 14.0 Å². The van der Waals surface area contributed by atoms with Gasteiger partial charge in [0.25, 0.3) is 5.91 Å². The molecule has 1 atom stereocenters. The van der Waals surface area contributed by atoms with Crippen LogP contribution in [0.15, 0.2) is 18.2 Å². The van der Waals surface area contributed by atoms with Crippen LogP contribution in [-0.4, -0.2) is 27.9 Å². The van der Waals surface area contributed by atoms with Crippen molar-refractivity contribution in [2.75, 3.05) is 12.4 Å². The fraction of sp³-hybridized carbons (Fsp3) is 0.286. The molecular weight excluding hydrogens is 329 g/mol. The molecule has 8 heteroatoms. The first-order chi connectivity index (χ1) is 10.3. The van der Waals surface area contributed by atoms with Crippen molar-refractivity contribution in [2.24, 2.45) is 7.05 Å². The largest absolute Gasteiger partial charge is 0.480 e. The Morgan fingerprint density at radius 2 is 1.95 bits per heavy atom. The molecule has 118 valence electrons. The molecule has 6 nitrogen and oxygen atoms in total. The number of methoxy groups -OCH3 is 1. The molecule has 0 saturated heterocycles. The zero-order valence-electron chi connectivity index (χ0n) is 12.2. The van der Waals surface area contributed by atoms with Crippen LogP contribution < -0.4 is 10.1 Å². The Hall–Kier alpha value is -1.76. The molecule has 0 aliphatic carbocycles. The zero-order chi connectivity index (χ0) is 16.4. The Balaban J connectivity index is 2.25. The number of carbonyl (C=O) groups excluding carboxylic acids is 1. The molecule has 1 unspecified atom stereocenters. The minimum atomic E-state index is -1.42. The van der Waals surface area contributed by atoms with Gasteiger partial charge in [-0.2, -0.15) is 5.10 Å². The van der Waals surface area contributed by atoms with Crippen LogP contribution in [0.2, 0.25) is 10.0 Å². The van der Waals surface area contributed by atoms with Crippen molar-refractivity contribution < 1.29 is 14.6 Å². The summed E-state index contributed by atoms with van der Waals surface area (Å²) in [6.07, 6.45) is -1.42. The summed E-state index contributed by atoms with van der Waals surface area (Å²) in [5, 5.41) is 17.6. The van der Waals surface area contributed by atoms with Crippen molar-refractivity contribution in [2.45, 2.75) is 13.0 Å². The van der Waals surface area contributed by atoms with Gasteiger partial charge in [0.05, 0.1) is 12.8 Å². The number of benzene rings is 1. The number of rotatable bonds is 4. The summed E-state index contributed by atoms with van der Waals surface area (Å²) >= 11 is 11.7. The first kappa shape index (κ1) is 16.6. The first-order valence-corrected chi connectivity index (χ1v) is 7.11. The van der Waals surface area contributed by atoms with Gasteiger partial charge in [-0.25, -0.2) is 4.68 Å². The Bertz CT molecular complexity index is 695. The van der Waals surface area contributed by atoms with Crippen LogP contribution in [0, 0.1) is 6.92 Å². The average Bonchev–Trinajstić information content (AvgIpc) is 2.70. The number of aliphatic hydroxyl groups excluding tert-OH is 1. The predicted molar refractivity (Wildman–Crippen MR) is 84.5 cm³/mol. The van der Waals surface area contributed by atoms with Gasteiger partial charge < -0.3 is 15.2 Å². The van der Waals surface area contributed by atoms with Crippen molar-refractivity contribution in [1.82, 2.24) is 9.78 Å². The van der Waals surface area contributed by atoms with E-state index in [9.17, 15) is 9.90 Å². The van der Waals surface area contributed by atoms with E-state index in [1.165, 1.54) is 30.0 Å². The highest BCUT2D eigenvalue weighted by atomic mass is 35.5. The number of hydrogen-bond donors (Lipinski definition) is 2. The van der Waals surface area contributed by atoms with Gasteiger partial charge in [-0.05, 0) is 30.7 Å². The number of aryl methyl sites for hydroxylation is 2. The lowest BCUT2D eigenvalue weighted by molar-refractivity contribution is -0.124. The average molecular weight is 344 g/mol. The molecule has 0 fully saturated rings. The molecule has 0 saturated carbocycles. The van der Waals surface area contributed by atoms with Crippen molar-refractivity contribution >= 4 is 34.8 Å². The number of aromatic nitrogens is 2. The maximum Gasteiger partial charge on any atom is 0.258 e. The highest BCUT2D eigenvalue weighted by Crippen LogP contribution is 2.29. The number of hydrogen-bond acceptors (Lipinski definition) is 4. The molecule has 2 N–H and O–H groups in total. The number of carbonyl (C=O) groups is 1. The summed E-state index contributed by atoms with van der Waals surface area (Å²) < 4.78 is 6.68. The van der Waals surface area contributed by atoms with Crippen LogP contribution in [-0.2, 0) is 11.8 Å². The lowest BCUT2D eigenvalue weighted by Crippen LogP contribution is -2.21. The standard InChI is InChI=1S/C14H15Cl2N3O3/c1-7-11(14(22-3)19(2)18-7)17-13(21)12(20)8-4-9(15)6-10(16)5-8/h4-6,12,20H,1-3H3,(H,17,21). The SMILES string of the molecule is COc1c(NC(=O)C(O)c2cc(Cl)cc(Cl)c2)c(C)nn1C. The third-order valence-corrected chi connectivity index (χ3v) is 3.50. The summed E-state index contributed by atoms with van der Waals surface area (Å²) in [6, 6.07) is 4.47. The van der Waals surface area contributed by atoms with Crippen molar-refractivity contribution in [3.8, 4) is 5.88 Å². The Labute approximate surface area is 137 Å². The summed E-state index contributed by atoms with van der Waals surface area (Å²) in [5.74, 6) is -0.241. The first-order valence-electron chi connectivity index (χ1n) is 6.36. The molecule has 0 bridgehead atoms. The molecule has 2 rings (SSSR count). The third-order valence-electron chi connectivity index (χ3n) is 3.06. The van der Waals surface area contributed by atoms with E-state index >= 15 is 0 Å². The van der Waals surface area contributed by atoms with Gasteiger partial charge in [0.1, 0.15) is 5.69 Å². The smallest absolute Gasteiger partial charge is 0.258 e. The summed E-state index contributed by atoms with van der Waals surface area (Å²) in [5.41, 5.74) is 1.28. The fourth-order valence-electron chi connectivity index (χ4n) is 2.09. The van der Waals surface area contributed by atoms with Crippen LogP contribution >= 0.6 is 23.2 Å². The number of nitrogens with one attached hydrogen (secondary N) is 1. The summed E-state index contributed by atoms with van der Waals surface area (Å²) in [4.78, 5) is 12.2. The van der Waals surface area contributed by atoms with Crippen molar-refractivity contribution in [3.05, 3.63) is 39.5 Å². The molecule has 1 amide bonds. The van der Waals surface area contributed by atoms with E-state index in [-0.39, 0.29) is 0 Å². The fourth-order valence-corrected chi connectivity index (χ4v) is 2.63. The quantitative estimate of drug-likeness (QED) is 0.894. The molecule has 0 aliphatic rings. The number of amides is 1. The molecule has 0 radical (unpaired) electrons. The number of ether oxygens (including phenoxy) is 1. The number of nitrogens with zero attached hydrogens (tertiary/aromatic N) is 2. The minimum Gasteiger partial charge on any atom is -0.480 e. The van der Waals surface area contributed by atoms with Gasteiger partial charge in [0.15, 0.2) is 6.10 Å². The van der Waals surface area contributed by atoms with E-state index in [1.807, 2.05) is 0 Å². The number of aliphatic hydroxyl groups is 1. The molecule has 1 aromatic carbocycles. The Kier molecular flexibility index (Phi) is 4.95. The second kappa shape index (κ2) is 6.56. The van der Waals surface area contributed by atoms with Gasteiger partial charge in [-0.15, -0.1) is 0 Å². The zero-order valence-corrected chi connectivity index (χ0v) is 13.7. The highest BCUT2D eigenvalue weighted by Gasteiger charge is 2.23. The summed E-state index contributed by atoms with van der Waals surface area (Å²) in [6.45, 7) is 1.72. The Morgan fingerprint density at radius 3 is 2.50 bits per heavy atom. The molecule has 2 aromatic rings. The van der Waals surface area contributed by atoms with Gasteiger partial charge in [-0.3, -0.25) is 4.79 Å². The third kappa shape index (κ3) is 3.35. The van der Waals surface area contributed by atoms with Gasteiger partial charge in [-0.1, -0.05) is 23.2 Å². The maximum atomic E-state index is 12.2. The van der Waals surface area contributed by atoms with E-state index in [4.69, 9.17) is 27.9 Å². The van der Waals surface area contributed by atoms with E-state index < -0.39 is 12.0 Å². The van der Waals surface area contributed by atoms with Crippen LogP contribution in [0.3, 0.4) is 0 Å². The molecule has 1 aromatic heterocycles. The molecule has 0 spiro atoms. The lowest BCUT2D eigenvalue weighted by Gasteiger charge is -2.13. The van der Waals surface area contributed by atoms with Crippen molar-refractivity contribution in [1.29, 1.82) is 0 Å². The van der Waals surface area contributed by atoms with Gasteiger partial charge in [0, 0.05) is 17.1 Å². The molecule has 1 heterocycles. The second-order valence-electron chi connectivity index (χ2n) is 4.69. The van der Waals surface area contributed by atoms with E-state index in [0.29, 0.717) is 32.9 Å². The second-order valence-corrected chi connectivity index (χ2v) is 5.56.